The van der Waals surface area contributed by atoms with Crippen molar-refractivity contribution >= 4 is 12.0 Å². The number of hydrogen-bond donors (Lipinski definition) is 0. The Morgan fingerprint density at radius 2 is 1.71 bits per heavy atom. The van der Waals surface area contributed by atoms with Crippen LogP contribution in [0.2, 0.25) is 0 Å². The van der Waals surface area contributed by atoms with Gasteiger partial charge in [0.1, 0.15) is 6.29 Å². The summed E-state index contributed by atoms with van der Waals surface area (Å²) in [6.07, 6.45) is -3.34. The van der Waals surface area contributed by atoms with Gasteiger partial charge in [-0.2, -0.15) is 13.2 Å². The number of rotatable bonds is 4. The van der Waals surface area contributed by atoms with Gasteiger partial charge in [0.25, 0.3) is 0 Å². The molecule has 1 aliphatic rings. The first-order chi connectivity index (χ1) is 9.90. The number of carbonyl (C=O) groups excluding carboxylic acids is 1. The van der Waals surface area contributed by atoms with E-state index in [9.17, 15) is 18.0 Å². The molecule has 0 N–H and O–H groups in total. The van der Waals surface area contributed by atoms with Crippen molar-refractivity contribution in [3.8, 4) is 0 Å². The van der Waals surface area contributed by atoms with Crippen LogP contribution < -0.4 is 4.90 Å². The number of halogens is 3. The molecule has 0 aliphatic carbocycles. The van der Waals surface area contributed by atoms with Gasteiger partial charge in [-0.05, 0) is 24.3 Å². The highest BCUT2D eigenvalue weighted by atomic mass is 19.4. The van der Waals surface area contributed by atoms with Gasteiger partial charge < -0.3 is 9.69 Å². The van der Waals surface area contributed by atoms with Crippen LogP contribution in [0.1, 0.15) is 12.5 Å². The van der Waals surface area contributed by atoms with E-state index in [1.807, 2.05) is 6.92 Å². The lowest BCUT2D eigenvalue weighted by molar-refractivity contribution is -0.137. The zero-order valence-corrected chi connectivity index (χ0v) is 11.9. The van der Waals surface area contributed by atoms with Crippen LogP contribution in [0.15, 0.2) is 24.3 Å². The standard InChI is InChI=1S/C15H19F3N2O/c1-12(11-21)10-19-6-8-20(9-7-19)14-4-2-13(3-5-14)15(16,17)18/h2-5,11-12H,6-10H2,1H3. The number of piperazine rings is 1. The van der Waals surface area contributed by atoms with Gasteiger partial charge >= 0.3 is 6.18 Å². The van der Waals surface area contributed by atoms with E-state index in [0.29, 0.717) is 0 Å². The summed E-state index contributed by atoms with van der Waals surface area (Å²) >= 11 is 0. The maximum Gasteiger partial charge on any atom is 0.416 e. The highest BCUT2D eigenvalue weighted by Gasteiger charge is 2.30. The van der Waals surface area contributed by atoms with Crippen LogP contribution in [0.3, 0.4) is 0 Å². The highest BCUT2D eigenvalue weighted by Crippen LogP contribution is 2.30. The lowest BCUT2D eigenvalue weighted by atomic mass is 10.1. The summed E-state index contributed by atoms with van der Waals surface area (Å²) in [6.45, 7) is 5.78. The van der Waals surface area contributed by atoms with Crippen LogP contribution >= 0.6 is 0 Å². The SMILES string of the molecule is CC(C=O)CN1CCN(c2ccc(C(F)(F)F)cc2)CC1. The summed E-state index contributed by atoms with van der Waals surface area (Å²) in [4.78, 5) is 14.9. The Labute approximate surface area is 122 Å². The minimum absolute atomic E-state index is 0.0163. The molecule has 21 heavy (non-hydrogen) atoms. The highest BCUT2D eigenvalue weighted by molar-refractivity contribution is 5.53. The van der Waals surface area contributed by atoms with Crippen molar-refractivity contribution in [2.24, 2.45) is 5.92 Å². The number of anilines is 1. The third-order valence-electron chi connectivity index (χ3n) is 3.71. The van der Waals surface area contributed by atoms with Gasteiger partial charge in [0, 0.05) is 44.3 Å². The second kappa shape index (κ2) is 6.47. The molecular weight excluding hydrogens is 281 g/mol. The molecule has 0 bridgehead atoms. The molecule has 0 radical (unpaired) electrons. The van der Waals surface area contributed by atoms with Gasteiger partial charge in [0.05, 0.1) is 5.56 Å². The van der Waals surface area contributed by atoms with Crippen molar-refractivity contribution in [3.63, 3.8) is 0 Å². The largest absolute Gasteiger partial charge is 0.416 e. The Kier molecular flexibility index (Phi) is 4.88. The second-order valence-corrected chi connectivity index (χ2v) is 5.45. The Morgan fingerprint density at radius 1 is 1.14 bits per heavy atom. The molecule has 2 rings (SSSR count). The molecule has 1 atom stereocenters. The summed E-state index contributed by atoms with van der Waals surface area (Å²) in [5.41, 5.74) is 0.191. The predicted octanol–water partition coefficient (Wildman–Crippen LogP) is 2.66. The van der Waals surface area contributed by atoms with E-state index in [0.717, 1.165) is 56.8 Å². The van der Waals surface area contributed by atoms with Crippen LogP contribution in [-0.2, 0) is 11.0 Å². The number of hydrogen-bond acceptors (Lipinski definition) is 3. The van der Waals surface area contributed by atoms with Gasteiger partial charge in [-0.25, -0.2) is 0 Å². The topological polar surface area (TPSA) is 23.6 Å². The molecular formula is C15H19F3N2O. The summed E-state index contributed by atoms with van der Waals surface area (Å²) in [6, 6.07) is 5.28. The lowest BCUT2D eigenvalue weighted by Gasteiger charge is -2.36. The van der Waals surface area contributed by atoms with E-state index >= 15 is 0 Å². The summed E-state index contributed by atoms with van der Waals surface area (Å²) in [7, 11) is 0. The van der Waals surface area contributed by atoms with Crippen LogP contribution in [0.5, 0.6) is 0 Å². The fraction of sp³-hybridized carbons (Fsp3) is 0.533. The van der Waals surface area contributed by atoms with E-state index in [2.05, 4.69) is 9.80 Å². The Hall–Kier alpha value is -1.56. The second-order valence-electron chi connectivity index (χ2n) is 5.45. The van der Waals surface area contributed by atoms with Crippen LogP contribution in [0, 0.1) is 5.92 Å². The quantitative estimate of drug-likeness (QED) is 0.799. The van der Waals surface area contributed by atoms with Gasteiger partial charge in [-0.1, -0.05) is 6.92 Å². The summed E-state index contributed by atoms with van der Waals surface area (Å²) < 4.78 is 37.6. The van der Waals surface area contributed by atoms with Gasteiger partial charge in [-0.15, -0.1) is 0 Å². The smallest absolute Gasteiger partial charge is 0.369 e. The summed E-state index contributed by atoms with van der Waals surface area (Å²) in [5, 5.41) is 0. The molecule has 0 amide bonds. The van der Waals surface area contributed by atoms with Crippen LogP contribution in [0.25, 0.3) is 0 Å². The molecule has 3 nitrogen and oxygen atoms in total. The van der Waals surface area contributed by atoms with Crippen molar-refractivity contribution in [2.45, 2.75) is 13.1 Å². The Balaban J connectivity index is 1.92. The van der Waals surface area contributed by atoms with E-state index in [4.69, 9.17) is 0 Å². The minimum Gasteiger partial charge on any atom is -0.369 e. The fourth-order valence-electron chi connectivity index (χ4n) is 2.50. The van der Waals surface area contributed by atoms with E-state index in [1.165, 1.54) is 12.1 Å². The third kappa shape index (κ3) is 4.20. The molecule has 1 saturated heterocycles. The molecule has 6 heteroatoms. The van der Waals surface area contributed by atoms with E-state index in [1.54, 1.807) is 0 Å². The molecule has 1 fully saturated rings. The molecule has 116 valence electrons. The normalized spacial score (nSPS) is 18.6. The van der Waals surface area contributed by atoms with Crippen LogP contribution in [0.4, 0.5) is 18.9 Å². The van der Waals surface area contributed by atoms with Gasteiger partial charge in [0.15, 0.2) is 0 Å². The number of nitrogens with zero attached hydrogens (tertiary/aromatic N) is 2. The Bertz CT molecular complexity index is 465. The maximum atomic E-state index is 12.5. The zero-order valence-electron chi connectivity index (χ0n) is 11.9. The first kappa shape index (κ1) is 15.8. The van der Waals surface area contributed by atoms with Gasteiger partial charge in [-0.3, -0.25) is 4.90 Å². The lowest BCUT2D eigenvalue weighted by Crippen LogP contribution is -2.47. The zero-order chi connectivity index (χ0) is 15.5. The maximum absolute atomic E-state index is 12.5. The monoisotopic (exact) mass is 300 g/mol. The molecule has 0 aromatic heterocycles. The predicted molar refractivity (Wildman–Crippen MR) is 75.3 cm³/mol. The molecule has 1 unspecified atom stereocenters. The van der Waals surface area contributed by atoms with Crippen LogP contribution in [-0.4, -0.2) is 43.9 Å². The minimum atomic E-state index is -4.29. The number of aldehydes is 1. The van der Waals surface area contributed by atoms with Gasteiger partial charge in [0.2, 0.25) is 0 Å². The first-order valence-corrected chi connectivity index (χ1v) is 7.00. The fourth-order valence-corrected chi connectivity index (χ4v) is 2.50. The average Bonchev–Trinajstić information content (AvgIpc) is 2.47. The van der Waals surface area contributed by atoms with Crippen molar-refractivity contribution in [2.75, 3.05) is 37.6 Å². The molecule has 0 spiro atoms. The van der Waals surface area contributed by atoms with E-state index in [-0.39, 0.29) is 5.92 Å². The van der Waals surface area contributed by atoms with Crippen molar-refractivity contribution in [3.05, 3.63) is 29.8 Å². The molecule has 0 saturated carbocycles. The molecule has 1 aliphatic heterocycles. The number of carbonyl (C=O) groups is 1. The third-order valence-corrected chi connectivity index (χ3v) is 3.71. The van der Waals surface area contributed by atoms with Crippen molar-refractivity contribution in [1.29, 1.82) is 0 Å². The summed E-state index contributed by atoms with van der Waals surface area (Å²) in [5.74, 6) is 0.0163. The molecule has 1 aromatic carbocycles. The van der Waals surface area contributed by atoms with E-state index < -0.39 is 11.7 Å². The first-order valence-electron chi connectivity index (χ1n) is 7.00. The Morgan fingerprint density at radius 3 is 2.19 bits per heavy atom. The molecule has 1 heterocycles. The number of alkyl halides is 3. The van der Waals surface area contributed by atoms with Crippen molar-refractivity contribution < 1.29 is 18.0 Å². The van der Waals surface area contributed by atoms with Crippen molar-refractivity contribution in [1.82, 2.24) is 4.90 Å². The average molecular weight is 300 g/mol. The number of benzene rings is 1. The molecule has 1 aromatic rings.